The molecule has 2 rings (SSSR count). The maximum atomic E-state index is 12.8. The standard InChI is InChI=1S/C25H36N2O2/c1-7-27(8-2)22-14-12-21(13-15-22)26-24(28)25(5,6)16-9-17-29-23-18-19(3)10-11-20(23)4/h10-15,18H,7-9,16-17H2,1-6H3,(H,26,28). The molecule has 2 aromatic rings. The lowest BCUT2D eigenvalue weighted by Crippen LogP contribution is -2.31. The Morgan fingerprint density at radius 2 is 1.69 bits per heavy atom. The number of aryl methyl sites for hydroxylation is 2. The van der Waals surface area contributed by atoms with Gasteiger partial charge in [-0.2, -0.15) is 0 Å². The number of amides is 1. The van der Waals surface area contributed by atoms with Crippen LogP contribution in [0.1, 0.15) is 51.7 Å². The van der Waals surface area contributed by atoms with Crippen molar-refractivity contribution in [3.63, 3.8) is 0 Å². The number of carbonyl (C=O) groups is 1. The summed E-state index contributed by atoms with van der Waals surface area (Å²) in [6.07, 6.45) is 1.59. The summed E-state index contributed by atoms with van der Waals surface area (Å²) >= 11 is 0. The van der Waals surface area contributed by atoms with Crippen molar-refractivity contribution in [2.75, 3.05) is 29.9 Å². The Morgan fingerprint density at radius 3 is 2.31 bits per heavy atom. The van der Waals surface area contributed by atoms with Gasteiger partial charge in [0.25, 0.3) is 0 Å². The maximum absolute atomic E-state index is 12.8. The van der Waals surface area contributed by atoms with Gasteiger partial charge in [0.15, 0.2) is 0 Å². The Balaban J connectivity index is 1.85. The molecule has 1 amide bonds. The smallest absolute Gasteiger partial charge is 0.230 e. The zero-order valence-electron chi connectivity index (χ0n) is 18.8. The van der Waals surface area contributed by atoms with Crippen molar-refractivity contribution in [3.8, 4) is 5.75 Å². The molecule has 1 N–H and O–H groups in total. The summed E-state index contributed by atoms with van der Waals surface area (Å²) in [6.45, 7) is 14.9. The van der Waals surface area contributed by atoms with Gasteiger partial charge >= 0.3 is 0 Å². The molecule has 0 bridgehead atoms. The first kappa shape index (κ1) is 22.8. The van der Waals surface area contributed by atoms with Crippen molar-refractivity contribution < 1.29 is 9.53 Å². The third kappa shape index (κ3) is 6.52. The number of carbonyl (C=O) groups excluding carboxylic acids is 1. The van der Waals surface area contributed by atoms with Crippen LogP contribution in [0.15, 0.2) is 42.5 Å². The van der Waals surface area contributed by atoms with Crippen LogP contribution >= 0.6 is 0 Å². The fourth-order valence-corrected chi connectivity index (χ4v) is 3.32. The van der Waals surface area contributed by atoms with Gasteiger partial charge in [-0.05, 0) is 82.0 Å². The van der Waals surface area contributed by atoms with Crippen molar-refractivity contribution in [1.82, 2.24) is 0 Å². The van der Waals surface area contributed by atoms with Crippen LogP contribution < -0.4 is 15.0 Å². The van der Waals surface area contributed by atoms with E-state index in [9.17, 15) is 4.79 Å². The molecule has 29 heavy (non-hydrogen) atoms. The van der Waals surface area contributed by atoms with Crippen LogP contribution in [0.4, 0.5) is 11.4 Å². The van der Waals surface area contributed by atoms with Gasteiger partial charge in [-0.1, -0.05) is 26.0 Å². The fraction of sp³-hybridized carbons (Fsp3) is 0.480. The molecule has 0 aliphatic carbocycles. The highest BCUT2D eigenvalue weighted by atomic mass is 16.5. The minimum absolute atomic E-state index is 0.0415. The van der Waals surface area contributed by atoms with Crippen LogP contribution in [0, 0.1) is 19.3 Å². The molecule has 0 spiro atoms. The van der Waals surface area contributed by atoms with Gasteiger partial charge in [-0.15, -0.1) is 0 Å². The van der Waals surface area contributed by atoms with E-state index in [1.54, 1.807) is 0 Å². The number of benzene rings is 2. The number of nitrogens with one attached hydrogen (secondary N) is 1. The van der Waals surface area contributed by atoms with Gasteiger partial charge in [0.05, 0.1) is 6.61 Å². The highest BCUT2D eigenvalue weighted by Crippen LogP contribution is 2.26. The molecule has 0 radical (unpaired) electrons. The van der Waals surface area contributed by atoms with E-state index >= 15 is 0 Å². The first-order valence-corrected chi connectivity index (χ1v) is 10.6. The number of rotatable bonds is 10. The lowest BCUT2D eigenvalue weighted by atomic mass is 9.87. The summed E-state index contributed by atoms with van der Waals surface area (Å²) in [6, 6.07) is 14.3. The third-order valence-corrected chi connectivity index (χ3v) is 5.42. The van der Waals surface area contributed by atoms with Gasteiger partial charge in [-0.3, -0.25) is 4.79 Å². The lowest BCUT2D eigenvalue weighted by Gasteiger charge is -2.24. The van der Waals surface area contributed by atoms with E-state index in [2.05, 4.69) is 68.2 Å². The van der Waals surface area contributed by atoms with E-state index < -0.39 is 5.41 Å². The van der Waals surface area contributed by atoms with E-state index in [0.717, 1.165) is 42.9 Å². The van der Waals surface area contributed by atoms with Gasteiger partial charge in [0.2, 0.25) is 5.91 Å². The summed E-state index contributed by atoms with van der Waals surface area (Å²) in [4.78, 5) is 15.0. The molecular formula is C25H36N2O2. The predicted molar refractivity (Wildman–Crippen MR) is 123 cm³/mol. The minimum atomic E-state index is -0.456. The van der Waals surface area contributed by atoms with Crippen LogP contribution in [0.2, 0.25) is 0 Å². The van der Waals surface area contributed by atoms with Gasteiger partial charge in [-0.25, -0.2) is 0 Å². The number of nitrogens with zero attached hydrogens (tertiary/aromatic N) is 1. The molecule has 0 saturated heterocycles. The van der Waals surface area contributed by atoms with Gasteiger partial charge in [0, 0.05) is 29.9 Å². The highest BCUT2D eigenvalue weighted by Gasteiger charge is 2.27. The zero-order chi connectivity index (χ0) is 21.4. The molecule has 0 aliphatic rings. The highest BCUT2D eigenvalue weighted by molar-refractivity contribution is 5.94. The lowest BCUT2D eigenvalue weighted by molar-refractivity contribution is -0.124. The van der Waals surface area contributed by atoms with E-state index in [1.807, 2.05) is 26.0 Å². The maximum Gasteiger partial charge on any atom is 0.230 e. The summed E-state index contributed by atoms with van der Waals surface area (Å²) in [5.74, 6) is 0.973. The van der Waals surface area contributed by atoms with Crippen LogP contribution in [0.5, 0.6) is 5.75 Å². The Morgan fingerprint density at radius 1 is 1.03 bits per heavy atom. The zero-order valence-corrected chi connectivity index (χ0v) is 18.8. The Kier molecular flexibility index (Phi) is 8.12. The van der Waals surface area contributed by atoms with Crippen molar-refractivity contribution in [2.45, 2.75) is 54.4 Å². The monoisotopic (exact) mass is 396 g/mol. The average Bonchev–Trinajstić information content (AvgIpc) is 2.70. The van der Waals surface area contributed by atoms with E-state index in [0.29, 0.717) is 6.61 Å². The summed E-state index contributed by atoms with van der Waals surface area (Å²) < 4.78 is 5.93. The molecule has 158 valence electrons. The van der Waals surface area contributed by atoms with Crippen molar-refractivity contribution >= 4 is 17.3 Å². The SMILES string of the molecule is CCN(CC)c1ccc(NC(=O)C(C)(C)CCCOc2cc(C)ccc2C)cc1. The Labute approximate surface area is 176 Å². The number of hydrogen-bond donors (Lipinski definition) is 1. The largest absolute Gasteiger partial charge is 0.493 e. The Hall–Kier alpha value is -2.49. The molecule has 0 aliphatic heterocycles. The first-order chi connectivity index (χ1) is 13.8. The Bertz CT molecular complexity index is 793. The van der Waals surface area contributed by atoms with E-state index in [-0.39, 0.29) is 5.91 Å². The molecule has 0 aromatic heterocycles. The van der Waals surface area contributed by atoms with E-state index in [1.165, 1.54) is 11.3 Å². The number of anilines is 2. The quantitative estimate of drug-likeness (QED) is 0.503. The number of ether oxygens (including phenoxy) is 1. The van der Waals surface area contributed by atoms with Crippen LogP contribution in [0.25, 0.3) is 0 Å². The average molecular weight is 397 g/mol. The third-order valence-electron chi connectivity index (χ3n) is 5.42. The predicted octanol–water partition coefficient (Wildman–Crippen LogP) is 5.97. The van der Waals surface area contributed by atoms with Gasteiger partial charge < -0.3 is 15.0 Å². The van der Waals surface area contributed by atoms with Crippen molar-refractivity contribution in [3.05, 3.63) is 53.6 Å². The van der Waals surface area contributed by atoms with Crippen LogP contribution in [-0.4, -0.2) is 25.6 Å². The first-order valence-electron chi connectivity index (χ1n) is 10.6. The molecule has 0 fully saturated rings. The number of hydrogen-bond acceptors (Lipinski definition) is 3. The molecule has 0 atom stereocenters. The molecule has 2 aromatic carbocycles. The molecule has 0 unspecified atom stereocenters. The van der Waals surface area contributed by atoms with Crippen molar-refractivity contribution in [1.29, 1.82) is 0 Å². The summed E-state index contributed by atoms with van der Waals surface area (Å²) in [5.41, 5.74) is 3.89. The fourth-order valence-electron chi connectivity index (χ4n) is 3.32. The van der Waals surface area contributed by atoms with Crippen LogP contribution in [0.3, 0.4) is 0 Å². The second-order valence-corrected chi connectivity index (χ2v) is 8.28. The molecule has 0 heterocycles. The topological polar surface area (TPSA) is 41.6 Å². The normalized spacial score (nSPS) is 11.2. The minimum Gasteiger partial charge on any atom is -0.493 e. The summed E-state index contributed by atoms with van der Waals surface area (Å²) in [7, 11) is 0. The van der Waals surface area contributed by atoms with E-state index in [4.69, 9.17) is 4.74 Å². The van der Waals surface area contributed by atoms with Crippen LogP contribution in [-0.2, 0) is 4.79 Å². The second-order valence-electron chi connectivity index (χ2n) is 8.28. The van der Waals surface area contributed by atoms with Crippen molar-refractivity contribution in [2.24, 2.45) is 5.41 Å². The molecule has 4 heteroatoms. The van der Waals surface area contributed by atoms with Gasteiger partial charge in [0.1, 0.15) is 5.75 Å². The molecule has 4 nitrogen and oxygen atoms in total. The molecule has 0 saturated carbocycles. The second kappa shape index (κ2) is 10.3. The molecular weight excluding hydrogens is 360 g/mol. The summed E-state index contributed by atoms with van der Waals surface area (Å²) in [5, 5.41) is 3.06.